The van der Waals surface area contributed by atoms with Crippen molar-refractivity contribution >= 4 is 142 Å². The summed E-state index contributed by atoms with van der Waals surface area (Å²) >= 11 is 31.5. The molecule has 5 aromatic carbocycles. The quantitative estimate of drug-likeness (QED) is 0.0184. The van der Waals surface area contributed by atoms with E-state index in [0.717, 1.165) is 98.9 Å². The second-order valence-electron chi connectivity index (χ2n) is 38.9. The second kappa shape index (κ2) is 47.1. The van der Waals surface area contributed by atoms with Crippen molar-refractivity contribution in [2.75, 3.05) is 47.1 Å². The summed E-state index contributed by atoms with van der Waals surface area (Å²) in [6.45, 7) is 12.0. The number of amides is 3. The molecule has 15 rings (SSSR count). The van der Waals surface area contributed by atoms with Gasteiger partial charge in [0.15, 0.2) is 11.6 Å². The van der Waals surface area contributed by atoms with E-state index in [2.05, 4.69) is 29.8 Å². The molecule has 0 unspecified atom stereocenters. The Hall–Kier alpha value is -7.97. The van der Waals surface area contributed by atoms with Crippen LogP contribution >= 0.6 is 58.0 Å². The Bertz CT molecular complexity index is 5610. The highest BCUT2D eigenvalue weighted by atomic mass is 35.5. The van der Waals surface area contributed by atoms with Gasteiger partial charge in [0.25, 0.3) is 17.7 Å². The molecule has 10 aromatic rings. The first-order chi connectivity index (χ1) is 64.1. The Morgan fingerprint density at radius 3 is 1.08 bits per heavy atom. The maximum atomic E-state index is 14.0. The minimum atomic E-state index is -4.31. The van der Waals surface area contributed by atoms with Crippen molar-refractivity contribution in [3.63, 3.8) is 0 Å². The molecule has 5 aliphatic rings. The molecule has 0 bridgehead atoms. The number of hydrogen-bond acceptors (Lipinski definition) is 10. The molecule has 0 radical (unpaired) electrons. The first kappa shape index (κ1) is 108. The summed E-state index contributed by atoms with van der Waals surface area (Å²) in [7, 11) is 3.30. The van der Waals surface area contributed by atoms with Gasteiger partial charge < -0.3 is 63.6 Å². The van der Waals surface area contributed by atoms with Crippen LogP contribution in [0.1, 0.15) is 260 Å². The lowest BCUT2D eigenvalue weighted by Gasteiger charge is -2.37. The summed E-state index contributed by atoms with van der Waals surface area (Å²) < 4.78 is 162. The van der Waals surface area contributed by atoms with Crippen LogP contribution in [0.4, 0.5) is 48.3 Å². The van der Waals surface area contributed by atoms with Crippen molar-refractivity contribution in [1.82, 2.24) is 38.8 Å². The van der Waals surface area contributed by atoms with Crippen LogP contribution < -0.4 is 16.0 Å². The Kier molecular flexibility index (Phi) is 37.5. The van der Waals surface area contributed by atoms with E-state index in [0.29, 0.717) is 163 Å². The van der Waals surface area contributed by atoms with Gasteiger partial charge in [-0.05, 0) is 221 Å². The van der Waals surface area contributed by atoms with Crippen molar-refractivity contribution < 1.29 is 97.1 Å². The van der Waals surface area contributed by atoms with Gasteiger partial charge in [0.2, 0.25) is 6.43 Å². The predicted molar refractivity (Wildman–Crippen MR) is 516 cm³/mol. The Morgan fingerprint density at radius 2 is 0.735 bits per heavy atom. The normalized spacial score (nSPS) is 23.7. The van der Waals surface area contributed by atoms with E-state index in [1.807, 2.05) is 45.8 Å². The van der Waals surface area contributed by atoms with Crippen molar-refractivity contribution in [2.24, 2.45) is 23.7 Å². The van der Waals surface area contributed by atoms with E-state index in [1.165, 1.54) is 28.5 Å². The summed E-state index contributed by atoms with van der Waals surface area (Å²) in [5.74, 6) is 0.414. The van der Waals surface area contributed by atoms with E-state index < -0.39 is 65.4 Å². The summed E-state index contributed by atoms with van der Waals surface area (Å²) in [6.07, 6.45) is 9.24. The number of carbonyl (C=O) groups excluding carboxylic acids is 5. The van der Waals surface area contributed by atoms with Gasteiger partial charge in [0.1, 0.15) is 17.0 Å². The Balaban J connectivity index is 0.000000163. The molecule has 5 heterocycles. The molecule has 0 saturated heterocycles. The maximum Gasteiger partial charge on any atom is 0.390 e. The van der Waals surface area contributed by atoms with E-state index in [4.69, 9.17) is 67.5 Å². The van der Waals surface area contributed by atoms with Crippen molar-refractivity contribution in [3.8, 4) is 0 Å². The predicted octanol–water partition coefficient (Wildman–Crippen LogP) is 26.2. The second-order valence-corrected chi connectivity index (χ2v) is 40.9. The van der Waals surface area contributed by atoms with Gasteiger partial charge in [0, 0.05) is 155 Å². The number of carbonyl (C=O) groups is 5. The summed E-state index contributed by atoms with van der Waals surface area (Å²) in [5.41, 5.74) is -0.677. The fourth-order valence-corrected chi connectivity index (χ4v) is 21.0. The Morgan fingerprint density at radius 1 is 0.419 bits per heavy atom. The molecule has 136 heavy (non-hydrogen) atoms. The van der Waals surface area contributed by atoms with Crippen LogP contribution in [0.5, 0.6) is 0 Å². The minimum Gasteiger partial charge on any atom is -0.390 e. The van der Waals surface area contributed by atoms with Gasteiger partial charge in [-0.25, -0.2) is 22.0 Å². The average molecular weight is 2010 g/mol. The number of hydrogen-bond donors (Lipinski definition) is 6. The topological polar surface area (TPSA) is 225 Å². The molecule has 3 amide bonds. The first-order valence-corrected chi connectivity index (χ1v) is 48.9. The summed E-state index contributed by atoms with van der Waals surface area (Å²) in [5, 5.41) is 46.1. The molecule has 18 nitrogen and oxygen atoms in total. The van der Waals surface area contributed by atoms with Crippen LogP contribution in [0, 0.1) is 23.7 Å². The van der Waals surface area contributed by atoms with E-state index in [9.17, 15) is 87.6 Å². The number of benzene rings is 5. The molecule has 5 saturated carbocycles. The lowest BCUT2D eigenvalue weighted by molar-refractivity contribution is -0.137. The van der Waals surface area contributed by atoms with Crippen LogP contribution in [0.3, 0.4) is 0 Å². The molecule has 746 valence electrons. The molecular formula is C102H126Cl5F11N8O10. The van der Waals surface area contributed by atoms with Crippen LogP contribution in [0.25, 0.3) is 54.5 Å². The van der Waals surface area contributed by atoms with Gasteiger partial charge in [-0.1, -0.05) is 128 Å². The number of nitrogens with zero attached hydrogens (tertiary/aromatic N) is 5. The van der Waals surface area contributed by atoms with Crippen molar-refractivity contribution in [1.29, 1.82) is 0 Å². The smallest absolute Gasteiger partial charge is 0.390 e. The van der Waals surface area contributed by atoms with Gasteiger partial charge >= 0.3 is 12.4 Å². The van der Waals surface area contributed by atoms with Crippen LogP contribution in [-0.2, 0) is 42.2 Å². The van der Waals surface area contributed by atoms with E-state index >= 15 is 0 Å². The molecule has 5 aromatic heterocycles. The SMILES string of the molecule is CC1(F)CCC(CCC(=O)c2cn(CCC(F)(F)F)c3cccc(Cl)c23)CC1.CC1(F)CCC(CNC(=O)c2cn(CCC(F)F)c3cccc(Cl)c23)CC1.CC1(F)CCC(O)(CCC(=O)c2cn(CCC(F)(F)F)c3cccc(Cl)c23)CC1.COCCn1cc(C(=O)NC[C@@]2(O)CCC[C@@H](C)C2)c2c(Cl)cccc21.COCCn1cc(C(=O)NC[C@]2(O)CCC[C@H](C)C2)c2c(Cl)cccc21. The number of ketones is 2. The standard InChI is InChI=1S/C21H24ClF4NO2.C21H24ClF4NO.C20H24ClF3N2O.2C20H27ClN2O3/c1-19(23)7-9-20(29,10-8-19)6-5-17(28)14-13-27(12-11-21(24,25)26)16-4-2-3-15(22)18(14)16;1-20(23)9-7-14(8-10-20)5-6-18(28)15-13-27(12-11-21(24,25)26)17-4-2-3-16(22)19(15)17;1-20(24)8-5-13(6-9-20)11-25-19(27)14-12-26(10-7-17(22)23)16-4-2-3-15(21)18(14)16;2*1-14-5-4-8-20(25,11-14)13-22-19(24)15-12-23(9-10-26-2)17-7-3-6-16(21)18(15)17/h2-4,13,29H,5-12H2,1H3;2-4,13-14H,5-12H2,1H3;2-4,12-13,17H,5-11H2,1H3,(H,25,27);2*3,6-7,12,14,25H,4-5,8-11,13H2,1-2H3,(H,22,24)/t;;;2*14-,20-/m...10/s1. The monoisotopic (exact) mass is 2010 g/mol. The molecule has 34 heteroatoms. The lowest BCUT2D eigenvalue weighted by Crippen LogP contribution is -2.45. The van der Waals surface area contributed by atoms with Gasteiger partial charge in [-0.15, -0.1) is 0 Å². The molecule has 4 atom stereocenters. The molecular weight excluding hydrogens is 1880 g/mol. The molecule has 6 N–H and O–H groups in total. The fraction of sp³-hybridized carbons (Fsp3) is 0.559. The zero-order valence-corrected chi connectivity index (χ0v) is 81.9. The van der Waals surface area contributed by atoms with E-state index in [1.54, 1.807) is 106 Å². The van der Waals surface area contributed by atoms with E-state index in [-0.39, 0.29) is 125 Å². The number of ether oxygens (including phenoxy) is 2. The molecule has 0 aliphatic heterocycles. The number of aliphatic hydroxyl groups is 3. The minimum absolute atomic E-state index is 0.0170. The number of aromatic nitrogens is 5. The zero-order valence-electron chi connectivity index (χ0n) is 78.1. The van der Waals surface area contributed by atoms with Crippen molar-refractivity contribution in [3.05, 3.63) is 175 Å². The highest BCUT2D eigenvalue weighted by Crippen LogP contribution is 2.44. The number of rotatable bonds is 30. The first-order valence-electron chi connectivity index (χ1n) is 47.0. The van der Waals surface area contributed by atoms with Crippen molar-refractivity contribution in [2.45, 2.75) is 293 Å². The third kappa shape index (κ3) is 29.8. The number of nitrogens with one attached hydrogen (secondary N) is 3. The molecule has 5 fully saturated rings. The number of methoxy groups -OCH3 is 2. The number of fused-ring (bicyclic) bond motifs is 5. The molecule has 0 spiro atoms. The average Bonchev–Trinajstić information content (AvgIpc) is 1.67. The maximum absolute atomic E-state index is 14.0. The van der Waals surface area contributed by atoms with Gasteiger partial charge in [-0.2, -0.15) is 26.3 Å². The number of Topliss-reactive ketones (excluding diaryl/α,β-unsaturated/α-hetero) is 2. The number of aryl methyl sites for hydroxylation is 3. The fourth-order valence-electron chi connectivity index (χ4n) is 19.6. The summed E-state index contributed by atoms with van der Waals surface area (Å²) in [6, 6.07) is 26.2. The lowest BCUT2D eigenvalue weighted by atomic mass is 9.75. The van der Waals surface area contributed by atoms with Crippen LogP contribution in [0.2, 0.25) is 25.1 Å². The third-order valence-electron chi connectivity index (χ3n) is 27.5. The zero-order chi connectivity index (χ0) is 99.0. The summed E-state index contributed by atoms with van der Waals surface area (Å²) in [4.78, 5) is 64.1. The van der Waals surface area contributed by atoms with Gasteiger partial charge in [0.05, 0.1) is 112 Å². The van der Waals surface area contributed by atoms with Crippen LogP contribution in [-0.4, -0.2) is 167 Å². The number of alkyl halides is 11. The highest BCUT2D eigenvalue weighted by molar-refractivity contribution is 6.39. The highest BCUT2D eigenvalue weighted by Gasteiger charge is 2.42. The molecule has 5 aliphatic carbocycles. The van der Waals surface area contributed by atoms with Crippen LogP contribution in [0.15, 0.2) is 122 Å². The largest absolute Gasteiger partial charge is 0.390 e. The van der Waals surface area contributed by atoms with Gasteiger partial charge in [-0.3, -0.25) is 24.0 Å². The number of halogens is 16. The third-order valence-corrected chi connectivity index (χ3v) is 29.1. The Labute approximate surface area is 811 Å².